The quantitative estimate of drug-likeness (QED) is 0.173. The van der Waals surface area contributed by atoms with Crippen LogP contribution in [0.15, 0.2) is 228 Å². The zero-order valence-electron chi connectivity index (χ0n) is 35.3. The van der Waals surface area contributed by atoms with Gasteiger partial charge in [-0.15, -0.1) is 0 Å². The average molecular weight is 816 g/mol. The van der Waals surface area contributed by atoms with Crippen molar-refractivity contribution in [1.29, 1.82) is 0 Å². The van der Waals surface area contributed by atoms with Crippen molar-refractivity contribution >= 4 is 11.7 Å². The number of hydrogen-bond donors (Lipinski definition) is 1. The molecule has 1 atom stereocenters. The summed E-state index contributed by atoms with van der Waals surface area (Å²) in [5, 5.41) is 3.70. The Kier molecular flexibility index (Phi) is 8.92. The van der Waals surface area contributed by atoms with E-state index in [2.05, 4.69) is 188 Å². The second-order valence-corrected chi connectivity index (χ2v) is 16.8. The molecule has 1 spiro atoms. The van der Waals surface area contributed by atoms with Gasteiger partial charge in [-0.25, -0.2) is 9.98 Å². The summed E-state index contributed by atoms with van der Waals surface area (Å²) < 4.78 is 0. The second-order valence-electron chi connectivity index (χ2n) is 16.8. The molecule has 3 aliphatic rings. The number of amidine groups is 2. The molecule has 0 bridgehead atoms. The molecule has 0 amide bonds. The Bertz CT molecular complexity index is 3360. The summed E-state index contributed by atoms with van der Waals surface area (Å²) in [4.78, 5) is 10.3. The van der Waals surface area contributed by atoms with Crippen molar-refractivity contribution in [1.82, 2.24) is 5.32 Å². The minimum atomic E-state index is -0.466. The monoisotopic (exact) mass is 815 g/mol. The highest BCUT2D eigenvalue weighted by atomic mass is 15.2. The Hall–Kier alpha value is -8.32. The van der Waals surface area contributed by atoms with Gasteiger partial charge in [-0.1, -0.05) is 200 Å². The molecule has 2 aliphatic carbocycles. The first kappa shape index (κ1) is 37.4. The fourth-order valence-electron chi connectivity index (χ4n) is 10.3. The van der Waals surface area contributed by atoms with E-state index >= 15 is 0 Å². The number of nitrogens with zero attached hydrogens (tertiary/aromatic N) is 2. The molecular formula is C61H41N3. The smallest absolute Gasteiger partial charge is 0.159 e. The standard InChI is InChI=1S/C61H41N3/c1-40-32-34-45(47-27-17-28-51-50-26-13-16-31-56(50)61(57(47)51)54-29-14-11-24-48(54)49-25-12-15-30-55(49)61)38-52(40)53-39-46(37-36-42(53)35-33-41-18-5-2-6-19-41)60-63-58(43-20-7-3-8-21-43)62-59(64-60)44-22-9-4-10-23-44/h2-32,34,36-39,60H,1H3,(H,62,63,64). The zero-order valence-corrected chi connectivity index (χ0v) is 35.3. The van der Waals surface area contributed by atoms with Crippen LogP contribution in [0.2, 0.25) is 0 Å². The summed E-state index contributed by atoms with van der Waals surface area (Å²) in [5.41, 5.74) is 20.7. The molecular weight excluding hydrogens is 775 g/mol. The van der Waals surface area contributed by atoms with Gasteiger partial charge in [0, 0.05) is 22.3 Å². The second kappa shape index (κ2) is 15.2. The number of aryl methyl sites for hydroxylation is 1. The van der Waals surface area contributed by atoms with Gasteiger partial charge in [-0.2, -0.15) is 0 Å². The van der Waals surface area contributed by atoms with Crippen LogP contribution in [0.25, 0.3) is 44.5 Å². The lowest BCUT2D eigenvalue weighted by Crippen LogP contribution is -2.33. The molecule has 1 unspecified atom stereocenters. The maximum absolute atomic E-state index is 5.26. The first-order valence-corrected chi connectivity index (χ1v) is 21.9. The summed E-state index contributed by atoms with van der Waals surface area (Å²) in [6, 6.07) is 78.3. The molecule has 9 aromatic carbocycles. The maximum Gasteiger partial charge on any atom is 0.159 e. The highest BCUT2D eigenvalue weighted by Crippen LogP contribution is 2.64. The SMILES string of the molecule is Cc1ccc(-c2cccc3c2C2(c4ccccc4-c4ccccc42)c2ccccc2-3)cc1-c1cc(C2N=C(c3ccccc3)N=C(c3ccccc3)N2)ccc1C#Cc1ccccc1. The molecule has 0 saturated heterocycles. The molecule has 64 heavy (non-hydrogen) atoms. The predicted octanol–water partition coefficient (Wildman–Crippen LogP) is 13.6. The van der Waals surface area contributed by atoms with E-state index in [1.54, 1.807) is 0 Å². The van der Waals surface area contributed by atoms with E-state index in [-0.39, 0.29) is 6.17 Å². The van der Waals surface area contributed by atoms with Crippen LogP contribution in [0.3, 0.4) is 0 Å². The van der Waals surface area contributed by atoms with Crippen molar-refractivity contribution in [3.63, 3.8) is 0 Å². The molecule has 1 aliphatic heterocycles. The van der Waals surface area contributed by atoms with Crippen molar-refractivity contribution in [3.8, 4) is 56.3 Å². The Labute approximate surface area is 374 Å². The van der Waals surface area contributed by atoms with Crippen LogP contribution in [0.4, 0.5) is 0 Å². The van der Waals surface area contributed by atoms with E-state index < -0.39 is 5.41 Å². The van der Waals surface area contributed by atoms with Crippen molar-refractivity contribution in [3.05, 3.63) is 274 Å². The van der Waals surface area contributed by atoms with E-state index in [1.165, 1.54) is 55.6 Å². The van der Waals surface area contributed by atoms with Crippen molar-refractivity contribution in [2.24, 2.45) is 9.98 Å². The minimum absolute atomic E-state index is 0.389. The fourth-order valence-corrected chi connectivity index (χ4v) is 10.3. The van der Waals surface area contributed by atoms with Crippen molar-refractivity contribution in [2.45, 2.75) is 18.5 Å². The zero-order chi connectivity index (χ0) is 42.6. The van der Waals surface area contributed by atoms with Crippen LogP contribution in [-0.4, -0.2) is 11.7 Å². The number of benzene rings is 9. The van der Waals surface area contributed by atoms with E-state index in [0.717, 1.165) is 50.3 Å². The largest absolute Gasteiger partial charge is 0.344 e. The topological polar surface area (TPSA) is 36.8 Å². The van der Waals surface area contributed by atoms with Crippen molar-refractivity contribution < 1.29 is 0 Å². The summed E-state index contributed by atoms with van der Waals surface area (Å²) in [7, 11) is 0. The number of aliphatic imine (C=N–C) groups is 2. The van der Waals surface area contributed by atoms with Gasteiger partial charge < -0.3 is 5.32 Å². The number of fused-ring (bicyclic) bond motifs is 10. The summed E-state index contributed by atoms with van der Waals surface area (Å²) in [5.74, 6) is 8.56. The molecule has 1 heterocycles. The predicted molar refractivity (Wildman–Crippen MR) is 263 cm³/mol. The van der Waals surface area contributed by atoms with Crippen LogP contribution >= 0.6 is 0 Å². The molecule has 0 aromatic heterocycles. The van der Waals surface area contributed by atoms with Crippen LogP contribution in [-0.2, 0) is 5.41 Å². The van der Waals surface area contributed by atoms with Crippen LogP contribution < -0.4 is 5.32 Å². The lowest BCUT2D eigenvalue weighted by atomic mass is 9.68. The van der Waals surface area contributed by atoms with Gasteiger partial charge >= 0.3 is 0 Å². The Morgan fingerprint density at radius 2 is 1.00 bits per heavy atom. The molecule has 12 rings (SSSR count). The van der Waals surface area contributed by atoms with Gasteiger partial charge in [0.25, 0.3) is 0 Å². The number of nitrogens with one attached hydrogen (secondary N) is 1. The molecule has 9 aromatic rings. The molecule has 3 nitrogen and oxygen atoms in total. The van der Waals surface area contributed by atoms with E-state index in [1.807, 2.05) is 54.6 Å². The van der Waals surface area contributed by atoms with E-state index in [9.17, 15) is 0 Å². The van der Waals surface area contributed by atoms with Gasteiger partial charge in [0.05, 0.1) is 5.41 Å². The average Bonchev–Trinajstić information content (AvgIpc) is 3.84. The third-order valence-electron chi connectivity index (χ3n) is 13.1. The Balaban J connectivity index is 1.05. The van der Waals surface area contributed by atoms with Gasteiger partial charge in [-0.3, -0.25) is 0 Å². The molecule has 0 saturated carbocycles. The number of hydrogen-bond acceptors (Lipinski definition) is 3. The normalized spacial score (nSPS) is 14.8. The van der Waals surface area contributed by atoms with Gasteiger partial charge in [-0.05, 0) is 115 Å². The third kappa shape index (κ3) is 5.99. The molecule has 300 valence electrons. The Morgan fingerprint density at radius 1 is 0.438 bits per heavy atom. The van der Waals surface area contributed by atoms with Crippen LogP contribution in [0.1, 0.15) is 61.8 Å². The summed E-state index contributed by atoms with van der Waals surface area (Å²) in [6.45, 7) is 2.21. The third-order valence-corrected chi connectivity index (χ3v) is 13.1. The fraction of sp³-hybridized carbons (Fsp3) is 0.0492. The molecule has 3 heteroatoms. The molecule has 0 fully saturated rings. The molecule has 1 N–H and O–H groups in total. The first-order valence-electron chi connectivity index (χ1n) is 21.9. The highest BCUT2D eigenvalue weighted by molar-refractivity contribution is 6.13. The molecule has 0 radical (unpaired) electrons. The highest BCUT2D eigenvalue weighted by Gasteiger charge is 2.52. The summed E-state index contributed by atoms with van der Waals surface area (Å²) in [6.07, 6.45) is -0.389. The van der Waals surface area contributed by atoms with Crippen LogP contribution in [0.5, 0.6) is 0 Å². The summed E-state index contributed by atoms with van der Waals surface area (Å²) >= 11 is 0. The minimum Gasteiger partial charge on any atom is -0.344 e. The Morgan fingerprint density at radius 3 is 1.67 bits per heavy atom. The lowest BCUT2D eigenvalue weighted by molar-refractivity contribution is 0.674. The van der Waals surface area contributed by atoms with Gasteiger partial charge in [0.1, 0.15) is 12.0 Å². The maximum atomic E-state index is 5.26. The van der Waals surface area contributed by atoms with Crippen molar-refractivity contribution in [2.75, 3.05) is 0 Å². The van der Waals surface area contributed by atoms with Crippen LogP contribution in [0, 0.1) is 18.8 Å². The number of rotatable bonds is 5. The van der Waals surface area contributed by atoms with E-state index in [4.69, 9.17) is 9.98 Å². The lowest BCUT2D eigenvalue weighted by Gasteiger charge is -2.32. The van der Waals surface area contributed by atoms with Gasteiger partial charge in [0.15, 0.2) is 5.84 Å². The van der Waals surface area contributed by atoms with Gasteiger partial charge in [0.2, 0.25) is 0 Å². The van der Waals surface area contributed by atoms with E-state index in [0.29, 0.717) is 5.84 Å². The first-order chi connectivity index (χ1) is 31.6.